The molecule has 1 heterocycles. The number of nitrogens with zero attached hydrogens (tertiary/aromatic N) is 1. The van der Waals surface area contributed by atoms with E-state index < -0.39 is 21.8 Å². The molecule has 0 bridgehead atoms. The Morgan fingerprint density at radius 2 is 2.00 bits per heavy atom. The molecule has 1 aromatic rings. The van der Waals surface area contributed by atoms with Gasteiger partial charge in [-0.25, -0.2) is 12.8 Å². The standard InChI is InChI=1S/C15H19BrFNO4S/c1-10(22-14-4-3-11(17)9-13(14)16)15(19)18(2)12-5-7-23(20,21)8-6-12/h3-4,9-10,12H,5-8H2,1-2H3/t10-/m1/s1. The number of amides is 1. The molecular weight excluding hydrogens is 389 g/mol. The lowest BCUT2D eigenvalue weighted by molar-refractivity contribution is -0.138. The zero-order valence-electron chi connectivity index (χ0n) is 13.0. The maximum absolute atomic E-state index is 13.1. The molecule has 0 spiro atoms. The highest BCUT2D eigenvalue weighted by Crippen LogP contribution is 2.27. The van der Waals surface area contributed by atoms with Gasteiger partial charge in [0.2, 0.25) is 0 Å². The third kappa shape index (κ3) is 4.67. The molecule has 0 saturated carbocycles. The molecule has 0 aromatic heterocycles. The topological polar surface area (TPSA) is 63.7 Å². The average Bonchev–Trinajstić information content (AvgIpc) is 2.48. The molecule has 8 heteroatoms. The summed E-state index contributed by atoms with van der Waals surface area (Å²) in [6, 6.07) is 3.87. The van der Waals surface area contributed by atoms with Crippen molar-refractivity contribution in [1.82, 2.24) is 4.90 Å². The van der Waals surface area contributed by atoms with E-state index in [-0.39, 0.29) is 23.5 Å². The number of halogens is 2. The number of likely N-dealkylation sites (N-methyl/N-ethyl adjacent to an activating group) is 1. The maximum atomic E-state index is 13.1. The first-order valence-electron chi connectivity index (χ1n) is 7.28. The lowest BCUT2D eigenvalue weighted by Crippen LogP contribution is -2.47. The van der Waals surface area contributed by atoms with Crippen LogP contribution in [0.15, 0.2) is 22.7 Å². The first-order valence-corrected chi connectivity index (χ1v) is 9.90. The van der Waals surface area contributed by atoms with Crippen molar-refractivity contribution in [2.45, 2.75) is 31.9 Å². The van der Waals surface area contributed by atoms with Gasteiger partial charge < -0.3 is 9.64 Å². The molecule has 0 aliphatic carbocycles. The quantitative estimate of drug-likeness (QED) is 0.768. The van der Waals surface area contributed by atoms with Crippen molar-refractivity contribution in [2.75, 3.05) is 18.6 Å². The Bertz CT molecular complexity index is 681. The van der Waals surface area contributed by atoms with E-state index >= 15 is 0 Å². The number of carbonyl (C=O) groups excluding carboxylic acids is 1. The summed E-state index contributed by atoms with van der Waals surface area (Å²) in [6.07, 6.45) is 0.134. The van der Waals surface area contributed by atoms with E-state index in [1.165, 1.54) is 18.2 Å². The number of benzene rings is 1. The zero-order valence-corrected chi connectivity index (χ0v) is 15.4. The van der Waals surface area contributed by atoms with Crippen LogP contribution in [0.4, 0.5) is 4.39 Å². The van der Waals surface area contributed by atoms with E-state index in [9.17, 15) is 17.6 Å². The Balaban J connectivity index is 1.99. The van der Waals surface area contributed by atoms with E-state index in [0.29, 0.717) is 23.1 Å². The van der Waals surface area contributed by atoms with Gasteiger partial charge in [0, 0.05) is 13.1 Å². The first kappa shape index (κ1) is 18.2. The number of carbonyl (C=O) groups is 1. The highest BCUT2D eigenvalue weighted by molar-refractivity contribution is 9.10. The summed E-state index contributed by atoms with van der Waals surface area (Å²) >= 11 is 3.19. The molecule has 1 aliphatic heterocycles. The number of hydrogen-bond donors (Lipinski definition) is 0. The van der Waals surface area contributed by atoms with Gasteiger partial charge in [0.05, 0.1) is 16.0 Å². The Kier molecular flexibility index (Phi) is 5.67. The van der Waals surface area contributed by atoms with E-state index in [2.05, 4.69) is 15.9 Å². The molecule has 1 amide bonds. The van der Waals surface area contributed by atoms with E-state index in [1.807, 2.05) is 0 Å². The van der Waals surface area contributed by atoms with Gasteiger partial charge in [-0.15, -0.1) is 0 Å². The molecule has 128 valence electrons. The fourth-order valence-corrected chi connectivity index (χ4v) is 4.45. The lowest BCUT2D eigenvalue weighted by Gasteiger charge is -2.32. The minimum absolute atomic E-state index is 0.103. The fourth-order valence-electron chi connectivity index (χ4n) is 2.54. The lowest BCUT2D eigenvalue weighted by atomic mass is 10.1. The molecule has 1 atom stereocenters. The number of ether oxygens (including phenoxy) is 1. The summed E-state index contributed by atoms with van der Waals surface area (Å²) in [4.78, 5) is 14.0. The van der Waals surface area contributed by atoms with E-state index in [0.717, 1.165) is 0 Å². The summed E-state index contributed by atoms with van der Waals surface area (Å²) in [7, 11) is -1.31. The number of rotatable bonds is 4. The Hall–Kier alpha value is -1.15. The molecule has 0 unspecified atom stereocenters. The molecule has 5 nitrogen and oxygen atoms in total. The van der Waals surface area contributed by atoms with Crippen LogP contribution >= 0.6 is 15.9 Å². The summed E-state index contributed by atoms with van der Waals surface area (Å²) < 4.78 is 42.0. The van der Waals surface area contributed by atoms with Crippen LogP contribution < -0.4 is 4.74 Å². The van der Waals surface area contributed by atoms with Crippen molar-refractivity contribution in [3.05, 3.63) is 28.5 Å². The van der Waals surface area contributed by atoms with Gasteiger partial charge in [-0.2, -0.15) is 0 Å². The second kappa shape index (κ2) is 7.17. The Labute approximate surface area is 143 Å². The highest BCUT2D eigenvalue weighted by Gasteiger charge is 2.31. The van der Waals surface area contributed by atoms with Gasteiger partial charge in [-0.05, 0) is 53.9 Å². The molecule has 0 N–H and O–H groups in total. The van der Waals surface area contributed by atoms with Crippen LogP contribution in [0.5, 0.6) is 5.75 Å². The number of hydrogen-bond acceptors (Lipinski definition) is 4. The largest absolute Gasteiger partial charge is 0.480 e. The number of sulfone groups is 1. The molecule has 1 saturated heterocycles. The summed E-state index contributed by atoms with van der Waals surface area (Å²) in [5.74, 6) is -0.0386. The van der Waals surface area contributed by atoms with Gasteiger partial charge in [0.25, 0.3) is 5.91 Å². The second-order valence-corrected chi connectivity index (χ2v) is 8.82. The van der Waals surface area contributed by atoms with Crippen LogP contribution in [0.2, 0.25) is 0 Å². The van der Waals surface area contributed by atoms with Crippen molar-refractivity contribution in [3.8, 4) is 5.75 Å². The molecule has 1 fully saturated rings. The van der Waals surface area contributed by atoms with Gasteiger partial charge in [-0.1, -0.05) is 0 Å². The van der Waals surface area contributed by atoms with Crippen molar-refractivity contribution < 1.29 is 22.3 Å². The summed E-state index contributed by atoms with van der Waals surface area (Å²) in [6.45, 7) is 1.62. The van der Waals surface area contributed by atoms with Gasteiger partial charge in [0.1, 0.15) is 21.4 Å². The van der Waals surface area contributed by atoms with Crippen LogP contribution in [0.1, 0.15) is 19.8 Å². The smallest absolute Gasteiger partial charge is 0.263 e. The van der Waals surface area contributed by atoms with Crippen molar-refractivity contribution in [2.24, 2.45) is 0 Å². The van der Waals surface area contributed by atoms with Crippen LogP contribution in [0.3, 0.4) is 0 Å². The van der Waals surface area contributed by atoms with Gasteiger partial charge in [0.15, 0.2) is 6.10 Å². The first-order chi connectivity index (χ1) is 10.7. The monoisotopic (exact) mass is 407 g/mol. The van der Waals surface area contributed by atoms with Gasteiger partial charge >= 0.3 is 0 Å². The molecule has 0 radical (unpaired) electrons. The predicted octanol–water partition coefficient (Wildman–Crippen LogP) is 2.39. The minimum atomic E-state index is -2.96. The van der Waals surface area contributed by atoms with Crippen molar-refractivity contribution in [1.29, 1.82) is 0 Å². The van der Waals surface area contributed by atoms with Crippen LogP contribution in [0.25, 0.3) is 0 Å². The second-order valence-electron chi connectivity index (χ2n) is 5.67. The Morgan fingerprint density at radius 3 is 2.57 bits per heavy atom. The van der Waals surface area contributed by atoms with Crippen molar-refractivity contribution >= 4 is 31.7 Å². The molecule has 23 heavy (non-hydrogen) atoms. The van der Waals surface area contributed by atoms with E-state index in [4.69, 9.17) is 4.74 Å². The van der Waals surface area contributed by atoms with Crippen LogP contribution in [-0.2, 0) is 14.6 Å². The third-order valence-corrected chi connectivity index (χ3v) is 6.30. The third-order valence-electron chi connectivity index (χ3n) is 3.96. The molecular formula is C15H19BrFNO4S. The maximum Gasteiger partial charge on any atom is 0.263 e. The Morgan fingerprint density at radius 1 is 1.39 bits per heavy atom. The minimum Gasteiger partial charge on any atom is -0.480 e. The van der Waals surface area contributed by atoms with Crippen molar-refractivity contribution in [3.63, 3.8) is 0 Å². The highest BCUT2D eigenvalue weighted by atomic mass is 79.9. The molecule has 1 aliphatic rings. The average molecular weight is 408 g/mol. The predicted molar refractivity (Wildman–Crippen MR) is 88.6 cm³/mol. The zero-order chi connectivity index (χ0) is 17.2. The summed E-state index contributed by atoms with van der Waals surface area (Å²) in [5.41, 5.74) is 0. The molecule has 2 rings (SSSR count). The fraction of sp³-hybridized carbons (Fsp3) is 0.533. The van der Waals surface area contributed by atoms with Crippen LogP contribution in [-0.4, -0.2) is 49.9 Å². The van der Waals surface area contributed by atoms with Crippen LogP contribution in [0, 0.1) is 5.82 Å². The van der Waals surface area contributed by atoms with E-state index in [1.54, 1.807) is 18.9 Å². The normalized spacial score (nSPS) is 19.1. The SMILES string of the molecule is C[C@@H](Oc1ccc(F)cc1Br)C(=O)N(C)C1CCS(=O)(=O)CC1. The van der Waals surface area contributed by atoms with Gasteiger partial charge in [-0.3, -0.25) is 4.79 Å². The molecule has 1 aromatic carbocycles. The summed E-state index contributed by atoms with van der Waals surface area (Å²) in [5, 5.41) is 0.